The van der Waals surface area contributed by atoms with Crippen LogP contribution in [0.25, 0.3) is 0 Å². The quantitative estimate of drug-likeness (QED) is 0.823. The van der Waals surface area contributed by atoms with Crippen molar-refractivity contribution in [1.82, 2.24) is 10.6 Å². The van der Waals surface area contributed by atoms with E-state index < -0.39 is 6.04 Å². The number of methoxy groups -OCH3 is 2. The summed E-state index contributed by atoms with van der Waals surface area (Å²) in [6.07, 6.45) is 2.51. The zero-order valence-corrected chi connectivity index (χ0v) is 13.0. The maximum atomic E-state index is 12.0. The molecule has 0 aromatic heterocycles. The molecule has 1 aliphatic rings. The molecule has 1 saturated heterocycles. The Kier molecular flexibility index (Phi) is 5.63. The highest BCUT2D eigenvalue weighted by atomic mass is 16.5. The van der Waals surface area contributed by atoms with Crippen molar-refractivity contribution in [3.8, 4) is 11.5 Å². The molecule has 2 N–H and O–H groups in total. The molecular weight excluding hydrogens is 284 g/mol. The topological polar surface area (TPSA) is 76.7 Å². The van der Waals surface area contributed by atoms with Crippen LogP contribution in [0.4, 0.5) is 0 Å². The Labute approximate surface area is 130 Å². The molecule has 1 fully saturated rings. The van der Waals surface area contributed by atoms with Gasteiger partial charge in [-0.25, -0.2) is 0 Å². The molecule has 1 aromatic rings. The first-order valence-corrected chi connectivity index (χ1v) is 7.42. The van der Waals surface area contributed by atoms with Gasteiger partial charge in [-0.15, -0.1) is 0 Å². The van der Waals surface area contributed by atoms with Gasteiger partial charge in [0.25, 0.3) is 0 Å². The lowest BCUT2D eigenvalue weighted by Crippen LogP contribution is -2.50. The van der Waals surface area contributed by atoms with Gasteiger partial charge in [-0.1, -0.05) is 6.07 Å². The number of aryl methyl sites for hydroxylation is 1. The number of rotatable bonds is 6. The molecule has 1 heterocycles. The van der Waals surface area contributed by atoms with E-state index in [9.17, 15) is 9.59 Å². The summed E-state index contributed by atoms with van der Waals surface area (Å²) in [6, 6.07) is 5.19. The Morgan fingerprint density at radius 3 is 2.77 bits per heavy atom. The lowest BCUT2D eigenvalue weighted by Gasteiger charge is -2.22. The lowest BCUT2D eigenvalue weighted by atomic mass is 10.1. The van der Waals surface area contributed by atoms with Crippen LogP contribution in [-0.2, 0) is 16.0 Å². The van der Waals surface area contributed by atoms with Crippen molar-refractivity contribution in [2.24, 2.45) is 0 Å². The first kappa shape index (κ1) is 16.1. The van der Waals surface area contributed by atoms with E-state index >= 15 is 0 Å². The maximum Gasteiger partial charge on any atom is 0.242 e. The lowest BCUT2D eigenvalue weighted by molar-refractivity contribution is -0.130. The standard InChI is InChI=1S/C16H22N2O4/c1-21-13-7-5-11(10-14(13)22-2)6-8-15(19)18-12-4-3-9-17-16(12)20/h5,7,10,12H,3-4,6,8-9H2,1-2H3,(H,17,20)(H,18,19). The highest BCUT2D eigenvalue weighted by molar-refractivity contribution is 5.88. The Balaban J connectivity index is 1.86. The molecule has 0 aliphatic carbocycles. The number of carbonyl (C=O) groups excluding carboxylic acids is 2. The zero-order valence-electron chi connectivity index (χ0n) is 13.0. The second-order valence-corrected chi connectivity index (χ2v) is 5.24. The molecular formula is C16H22N2O4. The molecule has 1 aliphatic heterocycles. The number of hydrogen-bond acceptors (Lipinski definition) is 4. The number of carbonyl (C=O) groups is 2. The van der Waals surface area contributed by atoms with Gasteiger partial charge in [0.2, 0.25) is 11.8 Å². The number of hydrogen-bond donors (Lipinski definition) is 2. The van der Waals surface area contributed by atoms with Crippen molar-refractivity contribution in [3.63, 3.8) is 0 Å². The van der Waals surface area contributed by atoms with Crippen LogP contribution in [0, 0.1) is 0 Å². The van der Waals surface area contributed by atoms with Gasteiger partial charge in [-0.05, 0) is 37.0 Å². The minimum Gasteiger partial charge on any atom is -0.493 e. The van der Waals surface area contributed by atoms with Gasteiger partial charge in [0.05, 0.1) is 14.2 Å². The largest absolute Gasteiger partial charge is 0.493 e. The minimum atomic E-state index is -0.397. The average Bonchev–Trinajstić information content (AvgIpc) is 2.54. The van der Waals surface area contributed by atoms with Gasteiger partial charge in [-0.2, -0.15) is 0 Å². The fourth-order valence-corrected chi connectivity index (χ4v) is 2.47. The Hall–Kier alpha value is -2.24. The van der Waals surface area contributed by atoms with E-state index in [1.54, 1.807) is 14.2 Å². The number of benzene rings is 1. The predicted molar refractivity (Wildman–Crippen MR) is 82.0 cm³/mol. The number of nitrogens with one attached hydrogen (secondary N) is 2. The monoisotopic (exact) mass is 306 g/mol. The van der Waals surface area contributed by atoms with Gasteiger partial charge in [0.1, 0.15) is 6.04 Å². The highest BCUT2D eigenvalue weighted by Crippen LogP contribution is 2.27. The second-order valence-electron chi connectivity index (χ2n) is 5.24. The predicted octanol–water partition coefficient (Wildman–Crippen LogP) is 1.03. The first-order valence-electron chi connectivity index (χ1n) is 7.42. The molecule has 6 nitrogen and oxygen atoms in total. The third-order valence-corrected chi connectivity index (χ3v) is 3.71. The van der Waals surface area contributed by atoms with Crippen molar-refractivity contribution in [1.29, 1.82) is 0 Å². The molecule has 0 radical (unpaired) electrons. The SMILES string of the molecule is COc1ccc(CCC(=O)NC2CCCNC2=O)cc1OC. The van der Waals surface area contributed by atoms with Crippen LogP contribution in [0.15, 0.2) is 18.2 Å². The van der Waals surface area contributed by atoms with Gasteiger partial charge >= 0.3 is 0 Å². The smallest absolute Gasteiger partial charge is 0.242 e. The molecule has 0 bridgehead atoms. The van der Waals surface area contributed by atoms with Crippen LogP contribution in [0.1, 0.15) is 24.8 Å². The minimum absolute atomic E-state index is 0.0919. The fraction of sp³-hybridized carbons (Fsp3) is 0.500. The summed E-state index contributed by atoms with van der Waals surface area (Å²) in [5, 5.41) is 5.54. The molecule has 2 rings (SSSR count). The number of amides is 2. The summed E-state index contributed by atoms with van der Waals surface area (Å²) >= 11 is 0. The van der Waals surface area contributed by atoms with Crippen LogP contribution >= 0.6 is 0 Å². The number of piperidine rings is 1. The molecule has 2 amide bonds. The van der Waals surface area contributed by atoms with Crippen molar-refractivity contribution in [3.05, 3.63) is 23.8 Å². The van der Waals surface area contributed by atoms with E-state index in [0.29, 0.717) is 37.3 Å². The maximum absolute atomic E-state index is 12.0. The van der Waals surface area contributed by atoms with Crippen molar-refractivity contribution in [2.45, 2.75) is 31.7 Å². The van der Waals surface area contributed by atoms with Gasteiger partial charge < -0.3 is 20.1 Å². The summed E-state index contributed by atoms with van der Waals surface area (Å²) in [4.78, 5) is 23.6. The van der Waals surface area contributed by atoms with Crippen LogP contribution in [-0.4, -0.2) is 38.6 Å². The average molecular weight is 306 g/mol. The van der Waals surface area contributed by atoms with E-state index in [0.717, 1.165) is 12.0 Å². The van der Waals surface area contributed by atoms with Crippen LogP contribution < -0.4 is 20.1 Å². The summed E-state index contributed by atoms with van der Waals surface area (Å²) in [7, 11) is 3.16. The third-order valence-electron chi connectivity index (χ3n) is 3.71. The molecule has 22 heavy (non-hydrogen) atoms. The second kappa shape index (κ2) is 7.68. The zero-order chi connectivity index (χ0) is 15.9. The summed E-state index contributed by atoms with van der Waals surface area (Å²) in [5.41, 5.74) is 0.987. The van der Waals surface area contributed by atoms with Gasteiger partial charge in [0.15, 0.2) is 11.5 Å². The first-order chi connectivity index (χ1) is 10.6. The van der Waals surface area contributed by atoms with E-state index in [1.807, 2.05) is 18.2 Å². The highest BCUT2D eigenvalue weighted by Gasteiger charge is 2.23. The molecule has 1 atom stereocenters. The van der Waals surface area contributed by atoms with E-state index in [4.69, 9.17) is 9.47 Å². The normalized spacial score (nSPS) is 17.5. The van der Waals surface area contributed by atoms with E-state index in [1.165, 1.54) is 0 Å². The van der Waals surface area contributed by atoms with Gasteiger partial charge in [0, 0.05) is 13.0 Å². The summed E-state index contributed by atoms with van der Waals surface area (Å²) in [6.45, 7) is 0.691. The van der Waals surface area contributed by atoms with Gasteiger partial charge in [-0.3, -0.25) is 9.59 Å². The van der Waals surface area contributed by atoms with Crippen molar-refractivity contribution < 1.29 is 19.1 Å². The fourth-order valence-electron chi connectivity index (χ4n) is 2.47. The Morgan fingerprint density at radius 2 is 2.09 bits per heavy atom. The van der Waals surface area contributed by atoms with Crippen LogP contribution in [0.2, 0.25) is 0 Å². The molecule has 1 unspecified atom stereocenters. The van der Waals surface area contributed by atoms with Crippen molar-refractivity contribution >= 4 is 11.8 Å². The van der Waals surface area contributed by atoms with Crippen LogP contribution in [0.3, 0.4) is 0 Å². The Morgan fingerprint density at radius 1 is 1.32 bits per heavy atom. The summed E-state index contributed by atoms with van der Waals surface area (Å²) in [5.74, 6) is 1.10. The molecule has 1 aromatic carbocycles. The Bertz CT molecular complexity index is 545. The molecule has 0 saturated carbocycles. The van der Waals surface area contributed by atoms with Crippen molar-refractivity contribution in [2.75, 3.05) is 20.8 Å². The third kappa shape index (κ3) is 4.13. The van der Waals surface area contributed by atoms with Crippen LogP contribution in [0.5, 0.6) is 11.5 Å². The molecule has 6 heteroatoms. The van der Waals surface area contributed by atoms with E-state index in [2.05, 4.69) is 10.6 Å². The van der Waals surface area contributed by atoms with E-state index in [-0.39, 0.29) is 11.8 Å². The molecule has 120 valence electrons. The summed E-state index contributed by atoms with van der Waals surface area (Å²) < 4.78 is 10.4. The molecule has 0 spiro atoms. The number of ether oxygens (including phenoxy) is 2.